The van der Waals surface area contributed by atoms with E-state index in [-0.39, 0.29) is 17.3 Å². The predicted molar refractivity (Wildman–Crippen MR) is 117 cm³/mol. The minimum atomic E-state index is -0.922. The molecular weight excluding hydrogens is 344 g/mol. The summed E-state index contributed by atoms with van der Waals surface area (Å²) in [5, 5.41) is 11.6. The lowest BCUT2D eigenvalue weighted by atomic mass is 9.52. The number of Topliss-reactive ketones (excluding diaryl/α,β-unsaturated/α-hetero) is 1. The zero-order valence-electron chi connectivity index (χ0n) is 18.4. The second kappa shape index (κ2) is 7.63. The molecule has 2 aliphatic rings. The minimum Gasteiger partial charge on any atom is -0.385 e. The third-order valence-corrected chi connectivity index (χ3v) is 7.32. The van der Waals surface area contributed by atoms with Crippen molar-refractivity contribution in [3.8, 4) is 0 Å². The first-order chi connectivity index (χ1) is 13.1. The number of hydrogen-bond acceptors (Lipinski definition) is 2. The maximum atomic E-state index is 13.5. The molecule has 2 heteroatoms. The van der Waals surface area contributed by atoms with Crippen LogP contribution in [0.4, 0.5) is 0 Å². The smallest absolute Gasteiger partial charge is 0.162 e. The van der Waals surface area contributed by atoms with Crippen LogP contribution >= 0.6 is 0 Å². The predicted octanol–water partition coefficient (Wildman–Crippen LogP) is 6.44. The Bertz CT molecular complexity index is 819. The van der Waals surface area contributed by atoms with Crippen LogP contribution in [0.25, 0.3) is 5.57 Å². The van der Waals surface area contributed by atoms with Crippen LogP contribution in [0.15, 0.2) is 41.5 Å². The van der Waals surface area contributed by atoms with Crippen molar-refractivity contribution in [1.29, 1.82) is 0 Å². The van der Waals surface area contributed by atoms with Crippen molar-refractivity contribution in [2.45, 2.75) is 79.2 Å². The van der Waals surface area contributed by atoms with Crippen LogP contribution in [-0.2, 0) is 10.4 Å². The van der Waals surface area contributed by atoms with Crippen LogP contribution in [0.3, 0.4) is 0 Å². The number of hydrogen-bond donors (Lipinski definition) is 1. The Kier molecular flexibility index (Phi) is 5.74. The summed E-state index contributed by atoms with van der Waals surface area (Å²) in [5.41, 5.74) is 4.32. The van der Waals surface area contributed by atoms with E-state index < -0.39 is 5.60 Å². The number of aliphatic hydroxyl groups is 1. The Morgan fingerprint density at radius 1 is 1.21 bits per heavy atom. The van der Waals surface area contributed by atoms with Gasteiger partial charge < -0.3 is 5.11 Å². The SMILES string of the molecule is CCCCC1=C2c3ccccc3[C@](C)(O)C(C)(C)[C@@H]2CC(CC=C(C)C)C1=O. The molecule has 0 amide bonds. The molecule has 2 nitrogen and oxygen atoms in total. The fourth-order valence-corrected chi connectivity index (χ4v) is 5.13. The largest absolute Gasteiger partial charge is 0.385 e. The van der Waals surface area contributed by atoms with Gasteiger partial charge in [-0.3, -0.25) is 4.79 Å². The molecule has 0 radical (unpaired) electrons. The van der Waals surface area contributed by atoms with Crippen LogP contribution in [0.1, 0.15) is 84.8 Å². The number of rotatable bonds is 5. The van der Waals surface area contributed by atoms with Gasteiger partial charge in [0.2, 0.25) is 0 Å². The van der Waals surface area contributed by atoms with E-state index in [4.69, 9.17) is 0 Å². The quantitative estimate of drug-likeness (QED) is 0.597. The molecule has 0 aromatic heterocycles. The van der Waals surface area contributed by atoms with Crippen LogP contribution in [-0.4, -0.2) is 10.9 Å². The highest BCUT2D eigenvalue weighted by molar-refractivity contribution is 6.06. The van der Waals surface area contributed by atoms with Crippen molar-refractivity contribution in [2.75, 3.05) is 0 Å². The molecule has 1 unspecified atom stereocenters. The third-order valence-electron chi connectivity index (χ3n) is 7.32. The number of ketones is 1. The summed E-state index contributed by atoms with van der Waals surface area (Å²) in [6, 6.07) is 8.18. The molecule has 0 fully saturated rings. The van der Waals surface area contributed by atoms with Crippen LogP contribution < -0.4 is 0 Å². The van der Waals surface area contributed by atoms with Crippen molar-refractivity contribution < 1.29 is 9.90 Å². The van der Waals surface area contributed by atoms with E-state index >= 15 is 0 Å². The average molecular weight is 381 g/mol. The number of carbonyl (C=O) groups excluding carboxylic acids is 1. The molecule has 3 atom stereocenters. The Hall–Kier alpha value is -1.67. The van der Waals surface area contributed by atoms with Gasteiger partial charge in [0, 0.05) is 11.3 Å². The molecule has 2 aliphatic carbocycles. The third kappa shape index (κ3) is 3.30. The first-order valence-electron chi connectivity index (χ1n) is 10.9. The van der Waals surface area contributed by atoms with Gasteiger partial charge in [0.25, 0.3) is 0 Å². The van der Waals surface area contributed by atoms with Crippen molar-refractivity contribution in [1.82, 2.24) is 0 Å². The topological polar surface area (TPSA) is 37.3 Å². The highest BCUT2D eigenvalue weighted by Crippen LogP contribution is 2.60. The Balaban J connectivity index is 2.23. The van der Waals surface area contributed by atoms with Gasteiger partial charge in [-0.15, -0.1) is 0 Å². The van der Waals surface area contributed by atoms with Gasteiger partial charge in [-0.2, -0.15) is 0 Å². The van der Waals surface area contributed by atoms with Gasteiger partial charge in [0.05, 0.1) is 5.60 Å². The van der Waals surface area contributed by atoms with E-state index in [0.717, 1.165) is 48.8 Å². The molecule has 28 heavy (non-hydrogen) atoms. The van der Waals surface area contributed by atoms with Gasteiger partial charge in [-0.1, -0.05) is 63.1 Å². The summed E-state index contributed by atoms with van der Waals surface area (Å²) in [7, 11) is 0. The molecule has 0 saturated heterocycles. The first kappa shape index (κ1) is 21.0. The molecule has 0 saturated carbocycles. The second-order valence-corrected chi connectivity index (χ2v) is 9.70. The summed E-state index contributed by atoms with van der Waals surface area (Å²) in [6.07, 6.45) is 6.79. The monoisotopic (exact) mass is 380 g/mol. The van der Waals surface area contributed by atoms with Crippen molar-refractivity contribution >= 4 is 11.4 Å². The standard InChI is InChI=1S/C26H36O2/c1-7-8-11-20-23-19-12-9-10-13-21(19)26(6,28)25(4,5)22(23)16-18(24(20)27)15-14-17(2)3/h9-10,12-14,18,22,28H,7-8,11,15-16H2,1-6H3/t18?,22-,26+/m1/s1. The molecule has 3 rings (SSSR count). The highest BCUT2D eigenvalue weighted by Gasteiger charge is 2.55. The summed E-state index contributed by atoms with van der Waals surface area (Å²) in [4.78, 5) is 13.5. The van der Waals surface area contributed by atoms with Crippen LogP contribution in [0.2, 0.25) is 0 Å². The molecule has 1 aromatic rings. The number of fused-ring (bicyclic) bond motifs is 3. The first-order valence-corrected chi connectivity index (χ1v) is 10.9. The zero-order chi connectivity index (χ0) is 20.7. The number of unbranched alkanes of at least 4 members (excludes halogenated alkanes) is 1. The van der Waals surface area contributed by atoms with Crippen molar-refractivity contribution in [3.05, 3.63) is 52.6 Å². The van der Waals surface area contributed by atoms with E-state index in [9.17, 15) is 9.90 Å². The van der Waals surface area contributed by atoms with Crippen LogP contribution in [0, 0.1) is 17.3 Å². The lowest BCUT2D eigenvalue weighted by Crippen LogP contribution is -2.51. The van der Waals surface area contributed by atoms with E-state index in [1.54, 1.807) is 0 Å². The van der Waals surface area contributed by atoms with Crippen molar-refractivity contribution in [3.63, 3.8) is 0 Å². The number of carbonyl (C=O) groups is 1. The average Bonchev–Trinajstić information content (AvgIpc) is 2.64. The molecular formula is C26H36O2. The molecule has 0 spiro atoms. The molecule has 0 heterocycles. The lowest BCUT2D eigenvalue weighted by Gasteiger charge is -2.54. The molecule has 1 aromatic carbocycles. The van der Waals surface area contributed by atoms with E-state index in [1.165, 1.54) is 11.1 Å². The summed E-state index contributed by atoms with van der Waals surface area (Å²) in [6.45, 7) is 12.7. The maximum absolute atomic E-state index is 13.5. The lowest BCUT2D eigenvalue weighted by molar-refractivity contribution is -0.123. The van der Waals surface area contributed by atoms with E-state index in [1.807, 2.05) is 25.1 Å². The van der Waals surface area contributed by atoms with Crippen LogP contribution in [0.5, 0.6) is 0 Å². The normalized spacial score (nSPS) is 28.6. The minimum absolute atomic E-state index is 0.0239. The summed E-state index contributed by atoms with van der Waals surface area (Å²) in [5.74, 6) is 0.553. The fourth-order valence-electron chi connectivity index (χ4n) is 5.13. The van der Waals surface area contributed by atoms with Gasteiger partial charge in [0.1, 0.15) is 0 Å². The molecule has 0 bridgehead atoms. The van der Waals surface area contributed by atoms with Gasteiger partial charge in [-0.05, 0) is 74.6 Å². The van der Waals surface area contributed by atoms with Gasteiger partial charge in [-0.25, -0.2) is 0 Å². The molecule has 152 valence electrons. The van der Waals surface area contributed by atoms with Gasteiger partial charge in [0.15, 0.2) is 5.78 Å². The zero-order valence-corrected chi connectivity index (χ0v) is 18.4. The Morgan fingerprint density at radius 2 is 1.89 bits per heavy atom. The highest BCUT2D eigenvalue weighted by atomic mass is 16.3. The van der Waals surface area contributed by atoms with E-state index in [0.29, 0.717) is 5.78 Å². The number of allylic oxidation sites excluding steroid dienone is 4. The van der Waals surface area contributed by atoms with Gasteiger partial charge >= 0.3 is 0 Å². The number of benzene rings is 1. The molecule has 1 N–H and O–H groups in total. The fraction of sp³-hybridized carbons (Fsp3) is 0.577. The summed E-state index contributed by atoms with van der Waals surface area (Å²) < 4.78 is 0. The second-order valence-electron chi connectivity index (χ2n) is 9.70. The maximum Gasteiger partial charge on any atom is 0.162 e. The van der Waals surface area contributed by atoms with E-state index in [2.05, 4.69) is 46.8 Å². The Labute approximate surface area is 170 Å². The summed E-state index contributed by atoms with van der Waals surface area (Å²) >= 11 is 0. The molecule has 0 aliphatic heterocycles. The van der Waals surface area contributed by atoms with Crippen molar-refractivity contribution in [2.24, 2.45) is 17.3 Å². The Morgan fingerprint density at radius 3 is 2.54 bits per heavy atom.